The highest BCUT2D eigenvalue weighted by Gasteiger charge is 2.35. The summed E-state index contributed by atoms with van der Waals surface area (Å²) in [5.41, 5.74) is 14.8. The molecule has 8 nitrogen and oxygen atoms in total. The molecule has 10 heteroatoms. The lowest BCUT2D eigenvalue weighted by Crippen LogP contribution is -2.39. The molecular weight excluding hydrogens is 394 g/mol. The smallest absolute Gasteiger partial charge is 0.254 e. The molecule has 30 heavy (non-hydrogen) atoms. The van der Waals surface area contributed by atoms with Gasteiger partial charge in [-0.05, 0) is 36.6 Å². The van der Waals surface area contributed by atoms with E-state index in [2.05, 4.69) is 10.1 Å². The van der Waals surface area contributed by atoms with Gasteiger partial charge >= 0.3 is 0 Å². The van der Waals surface area contributed by atoms with Crippen LogP contribution in [0.15, 0.2) is 18.3 Å². The molecule has 1 fully saturated rings. The summed E-state index contributed by atoms with van der Waals surface area (Å²) in [5.74, 6) is -3.16. The first-order chi connectivity index (χ1) is 14.1. The van der Waals surface area contributed by atoms with Crippen LogP contribution in [0, 0.1) is 13.8 Å². The molecule has 1 aromatic carbocycles. The fraction of sp³-hybridized carbons (Fsp3) is 0.350. The fourth-order valence-corrected chi connectivity index (χ4v) is 3.88. The number of carbonyl (C=O) groups excluding carboxylic acids is 1. The van der Waals surface area contributed by atoms with Crippen molar-refractivity contribution in [2.75, 3.05) is 23.7 Å². The number of carbonyl (C=O) groups is 1. The maximum atomic E-state index is 13.5. The lowest BCUT2D eigenvalue weighted by Gasteiger charge is -2.30. The summed E-state index contributed by atoms with van der Waals surface area (Å²) < 4.78 is 28.4. The quantitative estimate of drug-likeness (QED) is 0.603. The number of primary amides is 1. The summed E-state index contributed by atoms with van der Waals surface area (Å²) in [5, 5.41) is 14.5. The Morgan fingerprint density at radius 1 is 1.23 bits per heavy atom. The number of aryl methyl sites for hydroxylation is 1. The van der Waals surface area contributed by atoms with Gasteiger partial charge in [-0.25, -0.2) is 13.3 Å². The number of rotatable bonds is 3. The predicted molar refractivity (Wildman–Crippen MR) is 109 cm³/mol. The van der Waals surface area contributed by atoms with Crippen LogP contribution in [0.1, 0.15) is 34.3 Å². The van der Waals surface area contributed by atoms with Crippen molar-refractivity contribution in [3.05, 3.63) is 35.0 Å². The molecule has 1 aliphatic rings. The molecule has 0 atom stereocenters. The van der Waals surface area contributed by atoms with Crippen LogP contribution in [-0.2, 0) is 0 Å². The third-order valence-corrected chi connectivity index (χ3v) is 5.59. The van der Waals surface area contributed by atoms with Crippen molar-refractivity contribution in [2.45, 2.75) is 32.6 Å². The number of nitrogen functional groups attached to an aromatic ring is 1. The number of phenolic OH excluding ortho intramolecular Hbond substituents is 1. The average molecular weight is 416 g/mol. The van der Waals surface area contributed by atoms with E-state index < -0.39 is 11.8 Å². The molecule has 0 radical (unpaired) electrons. The van der Waals surface area contributed by atoms with Gasteiger partial charge in [0.05, 0.1) is 5.69 Å². The predicted octanol–water partition coefficient (Wildman–Crippen LogP) is 2.64. The van der Waals surface area contributed by atoms with Gasteiger partial charge in [0.15, 0.2) is 5.65 Å². The third kappa shape index (κ3) is 3.17. The van der Waals surface area contributed by atoms with E-state index in [4.69, 9.17) is 11.5 Å². The van der Waals surface area contributed by atoms with Crippen molar-refractivity contribution in [1.82, 2.24) is 14.6 Å². The van der Waals surface area contributed by atoms with Crippen LogP contribution in [0.3, 0.4) is 0 Å². The summed E-state index contributed by atoms with van der Waals surface area (Å²) in [6, 6.07) is 3.32. The van der Waals surface area contributed by atoms with Gasteiger partial charge in [-0.1, -0.05) is 6.07 Å². The Labute approximate surface area is 171 Å². The second-order valence-electron chi connectivity index (χ2n) is 7.62. The lowest BCUT2D eigenvalue weighted by atomic mass is 9.93. The number of hydrogen-bond acceptors (Lipinski definition) is 6. The fourth-order valence-electron chi connectivity index (χ4n) is 3.88. The first-order valence-electron chi connectivity index (χ1n) is 9.50. The van der Waals surface area contributed by atoms with Crippen LogP contribution in [0.4, 0.5) is 20.4 Å². The van der Waals surface area contributed by atoms with Gasteiger partial charge in [-0.3, -0.25) is 4.79 Å². The molecule has 1 amide bonds. The van der Waals surface area contributed by atoms with E-state index in [0.717, 1.165) is 5.56 Å². The number of hydrogen-bond donors (Lipinski definition) is 3. The van der Waals surface area contributed by atoms with Gasteiger partial charge in [0, 0.05) is 37.7 Å². The van der Waals surface area contributed by atoms with Crippen molar-refractivity contribution < 1.29 is 18.7 Å². The molecule has 0 spiro atoms. The minimum atomic E-state index is -2.70. The second-order valence-corrected chi connectivity index (χ2v) is 7.62. The van der Waals surface area contributed by atoms with E-state index in [0.29, 0.717) is 16.7 Å². The van der Waals surface area contributed by atoms with E-state index in [-0.39, 0.29) is 54.5 Å². The Bertz CT molecular complexity index is 1160. The van der Waals surface area contributed by atoms with Crippen molar-refractivity contribution in [3.63, 3.8) is 0 Å². The topological polar surface area (TPSA) is 123 Å². The summed E-state index contributed by atoms with van der Waals surface area (Å²) in [6.45, 7) is 3.80. The van der Waals surface area contributed by atoms with Crippen LogP contribution in [-0.4, -0.2) is 44.6 Å². The first-order valence-corrected chi connectivity index (χ1v) is 9.50. The van der Waals surface area contributed by atoms with Crippen molar-refractivity contribution >= 4 is 23.2 Å². The maximum Gasteiger partial charge on any atom is 0.254 e. The van der Waals surface area contributed by atoms with Gasteiger partial charge in [-0.15, -0.1) is 5.10 Å². The number of alkyl halides is 2. The van der Waals surface area contributed by atoms with Crippen LogP contribution in [0.2, 0.25) is 0 Å². The number of phenols is 1. The number of pyridine rings is 1. The van der Waals surface area contributed by atoms with Gasteiger partial charge < -0.3 is 21.5 Å². The van der Waals surface area contributed by atoms with Crippen molar-refractivity contribution in [2.24, 2.45) is 5.73 Å². The Balaban J connectivity index is 1.90. The molecular formula is C20H22F2N6O2. The number of fused-ring (bicyclic) bond motifs is 1. The average Bonchev–Trinajstić information content (AvgIpc) is 3.08. The monoisotopic (exact) mass is 416 g/mol. The zero-order valence-corrected chi connectivity index (χ0v) is 16.6. The minimum Gasteiger partial charge on any atom is -0.508 e. The van der Waals surface area contributed by atoms with Crippen molar-refractivity contribution in [3.8, 4) is 16.9 Å². The highest BCUT2D eigenvalue weighted by atomic mass is 19.3. The number of anilines is 2. The highest BCUT2D eigenvalue weighted by molar-refractivity contribution is 6.07. The lowest BCUT2D eigenvalue weighted by molar-refractivity contribution is -0.0222. The number of piperidine rings is 1. The number of benzene rings is 1. The number of halogens is 2. The largest absolute Gasteiger partial charge is 0.508 e. The van der Waals surface area contributed by atoms with Gasteiger partial charge in [0.25, 0.3) is 11.8 Å². The molecule has 3 heterocycles. The number of nitrogens with two attached hydrogens (primary N) is 2. The minimum absolute atomic E-state index is 0.00395. The molecule has 0 saturated carbocycles. The van der Waals surface area contributed by atoms with Crippen LogP contribution in [0.5, 0.6) is 5.75 Å². The third-order valence-electron chi connectivity index (χ3n) is 5.59. The summed E-state index contributed by atoms with van der Waals surface area (Å²) in [7, 11) is 0. The number of aromatic nitrogens is 3. The normalized spacial score (nSPS) is 16.2. The van der Waals surface area contributed by atoms with Gasteiger partial charge in [0.1, 0.15) is 11.3 Å². The first kappa shape index (κ1) is 19.9. The van der Waals surface area contributed by atoms with E-state index >= 15 is 0 Å². The molecule has 3 aromatic rings. The number of aromatic hydroxyl groups is 1. The maximum absolute atomic E-state index is 13.5. The summed E-state index contributed by atoms with van der Waals surface area (Å²) in [6.07, 6.45) is 1.03. The Kier molecular flexibility index (Phi) is 4.52. The molecule has 0 bridgehead atoms. The van der Waals surface area contributed by atoms with E-state index in [9.17, 15) is 18.7 Å². The Morgan fingerprint density at radius 3 is 2.53 bits per heavy atom. The molecule has 4 rings (SSSR count). The molecule has 2 aromatic heterocycles. The van der Waals surface area contributed by atoms with Gasteiger partial charge in [0.2, 0.25) is 5.95 Å². The molecule has 1 aliphatic heterocycles. The summed E-state index contributed by atoms with van der Waals surface area (Å²) in [4.78, 5) is 18.2. The number of nitrogens with zero attached hydrogens (tertiary/aromatic N) is 4. The highest BCUT2D eigenvalue weighted by Crippen LogP contribution is 2.38. The van der Waals surface area contributed by atoms with E-state index in [1.54, 1.807) is 30.2 Å². The Morgan fingerprint density at radius 2 is 1.90 bits per heavy atom. The number of amides is 1. The van der Waals surface area contributed by atoms with Crippen LogP contribution >= 0.6 is 0 Å². The summed E-state index contributed by atoms with van der Waals surface area (Å²) >= 11 is 0. The molecule has 1 saturated heterocycles. The van der Waals surface area contributed by atoms with E-state index in [1.165, 1.54) is 4.52 Å². The van der Waals surface area contributed by atoms with E-state index in [1.807, 2.05) is 6.92 Å². The molecule has 158 valence electrons. The SMILES string of the molecule is Cc1ccc(O)c(C)c1-c1cn2nc(N3CCC(F)(F)CC3)nc2c(C(N)=O)c1N. The van der Waals surface area contributed by atoms with Crippen molar-refractivity contribution in [1.29, 1.82) is 0 Å². The Hall–Kier alpha value is -3.43. The second kappa shape index (κ2) is 6.82. The zero-order chi connectivity index (χ0) is 21.8. The zero-order valence-electron chi connectivity index (χ0n) is 16.6. The molecule has 0 aliphatic carbocycles. The van der Waals surface area contributed by atoms with Crippen LogP contribution in [0.25, 0.3) is 16.8 Å². The standard InChI is InChI=1S/C20H22F2N6O2/c1-10-3-4-13(29)11(2)14(10)12-9-28-18(15(16(12)23)17(24)30)25-19(26-28)27-7-5-20(21,22)6-8-27/h3-4,9,29H,5-8,23H2,1-2H3,(H2,24,30). The molecule has 0 unspecified atom stereocenters. The molecule has 5 N–H and O–H groups in total. The van der Waals surface area contributed by atoms with Crippen LogP contribution < -0.4 is 16.4 Å². The van der Waals surface area contributed by atoms with Gasteiger partial charge in [-0.2, -0.15) is 4.98 Å².